The lowest BCUT2D eigenvalue weighted by Gasteiger charge is -2.27. The molecule has 0 radical (unpaired) electrons. The molecule has 0 fully saturated rings. The number of benzene rings is 1. The van der Waals surface area contributed by atoms with Gasteiger partial charge in [-0.1, -0.05) is 25.1 Å². The molecular weight excluding hydrogens is 410 g/mol. The summed E-state index contributed by atoms with van der Waals surface area (Å²) in [4.78, 5) is 3.78. The summed E-state index contributed by atoms with van der Waals surface area (Å²) in [5.74, 6) is -0.731. The topological polar surface area (TPSA) is 59.6 Å². The quantitative estimate of drug-likeness (QED) is 0.441. The number of nitrogens with one attached hydrogen (secondary N) is 1. The molecule has 22 heavy (non-hydrogen) atoms. The summed E-state index contributed by atoms with van der Waals surface area (Å²) in [6, 6.07) is 7.39. The fourth-order valence-corrected chi connectivity index (χ4v) is 2.05. The minimum absolute atomic E-state index is 0. The maximum Gasteiger partial charge on any atom is 0.393 e. The van der Waals surface area contributed by atoms with Gasteiger partial charge < -0.3 is 15.8 Å². The zero-order valence-electron chi connectivity index (χ0n) is 12.1. The second kappa shape index (κ2) is 7.89. The Hall–Kier alpha value is -1.19. The number of rotatable bonds is 3. The summed E-state index contributed by atoms with van der Waals surface area (Å²) < 4.78 is 42.7. The molecule has 2 atom stereocenters. The molecule has 124 valence electrons. The van der Waals surface area contributed by atoms with Gasteiger partial charge in [0.1, 0.15) is 5.75 Å². The Morgan fingerprint density at radius 3 is 2.82 bits per heavy atom. The van der Waals surface area contributed by atoms with E-state index in [1.807, 2.05) is 24.3 Å². The van der Waals surface area contributed by atoms with Crippen LogP contribution in [0.5, 0.6) is 5.75 Å². The minimum atomic E-state index is -4.25. The van der Waals surface area contributed by atoms with Crippen molar-refractivity contribution in [2.75, 3.05) is 13.2 Å². The van der Waals surface area contributed by atoms with Crippen molar-refractivity contribution in [3.05, 3.63) is 29.8 Å². The highest BCUT2D eigenvalue weighted by atomic mass is 127. The van der Waals surface area contributed by atoms with Gasteiger partial charge in [-0.05, 0) is 6.07 Å². The first-order chi connectivity index (χ1) is 9.88. The predicted molar refractivity (Wildman–Crippen MR) is 89.6 cm³/mol. The molecule has 8 heteroatoms. The van der Waals surface area contributed by atoms with Gasteiger partial charge in [-0.3, -0.25) is 4.99 Å². The van der Waals surface area contributed by atoms with Crippen LogP contribution in [0.1, 0.15) is 24.9 Å². The van der Waals surface area contributed by atoms with Gasteiger partial charge in [0.2, 0.25) is 0 Å². The van der Waals surface area contributed by atoms with Crippen LogP contribution in [-0.2, 0) is 0 Å². The number of nitrogens with zero attached hydrogens (tertiary/aromatic N) is 1. The highest BCUT2D eigenvalue weighted by Crippen LogP contribution is 2.31. The van der Waals surface area contributed by atoms with Crippen LogP contribution < -0.4 is 15.8 Å². The van der Waals surface area contributed by atoms with Gasteiger partial charge in [0.25, 0.3) is 0 Å². The van der Waals surface area contributed by atoms with Gasteiger partial charge in [-0.15, -0.1) is 24.0 Å². The Morgan fingerprint density at radius 2 is 2.14 bits per heavy atom. The molecule has 0 amide bonds. The van der Waals surface area contributed by atoms with Gasteiger partial charge >= 0.3 is 6.18 Å². The molecule has 0 spiro atoms. The standard InChI is InChI=1S/C14H18F3N3O.HI/c1-9(14(15,16)17)8-19-13(18)20-11-6-7-21-12-5-3-2-4-10(11)12;/h2-5,9,11H,6-8H2,1H3,(H3,18,19,20);1H. The van der Waals surface area contributed by atoms with E-state index in [1.165, 1.54) is 0 Å². The van der Waals surface area contributed by atoms with Crippen LogP contribution in [-0.4, -0.2) is 25.3 Å². The summed E-state index contributed by atoms with van der Waals surface area (Å²) >= 11 is 0. The first kappa shape index (κ1) is 18.9. The third-order valence-electron chi connectivity index (χ3n) is 3.37. The monoisotopic (exact) mass is 429 g/mol. The van der Waals surface area contributed by atoms with Gasteiger partial charge in [0.15, 0.2) is 5.96 Å². The van der Waals surface area contributed by atoms with Crippen molar-refractivity contribution in [2.45, 2.75) is 25.6 Å². The van der Waals surface area contributed by atoms with Crippen LogP contribution in [0.2, 0.25) is 0 Å². The third-order valence-corrected chi connectivity index (χ3v) is 3.37. The molecule has 0 saturated carbocycles. The fraction of sp³-hybridized carbons (Fsp3) is 0.500. The van der Waals surface area contributed by atoms with Crippen LogP contribution in [0.25, 0.3) is 0 Å². The first-order valence-electron chi connectivity index (χ1n) is 6.73. The largest absolute Gasteiger partial charge is 0.493 e. The smallest absolute Gasteiger partial charge is 0.393 e. The van der Waals surface area contributed by atoms with E-state index in [9.17, 15) is 13.2 Å². The lowest BCUT2D eigenvalue weighted by atomic mass is 10.0. The molecule has 0 bridgehead atoms. The Bertz CT molecular complexity index is 522. The number of guanidine groups is 1. The Balaban J connectivity index is 0.00000242. The van der Waals surface area contributed by atoms with Crippen molar-refractivity contribution in [2.24, 2.45) is 16.6 Å². The van der Waals surface area contributed by atoms with E-state index in [4.69, 9.17) is 10.5 Å². The van der Waals surface area contributed by atoms with Gasteiger partial charge in [-0.2, -0.15) is 13.2 Å². The average molecular weight is 429 g/mol. The number of aliphatic imine (C=N–C) groups is 1. The third kappa shape index (κ3) is 4.92. The van der Waals surface area contributed by atoms with Gasteiger partial charge in [-0.25, -0.2) is 0 Å². The van der Waals surface area contributed by atoms with E-state index in [2.05, 4.69) is 10.3 Å². The molecule has 2 rings (SSSR count). The zero-order valence-corrected chi connectivity index (χ0v) is 14.4. The van der Waals surface area contributed by atoms with Crippen LogP contribution in [0.3, 0.4) is 0 Å². The number of hydrogen-bond acceptors (Lipinski definition) is 2. The van der Waals surface area contributed by atoms with Crippen molar-refractivity contribution in [3.63, 3.8) is 0 Å². The molecule has 0 aliphatic carbocycles. The molecule has 1 aliphatic rings. The van der Waals surface area contributed by atoms with Crippen LogP contribution >= 0.6 is 24.0 Å². The summed E-state index contributed by atoms with van der Waals surface area (Å²) in [5.41, 5.74) is 6.62. The molecule has 2 unspecified atom stereocenters. The number of nitrogens with two attached hydrogens (primary N) is 1. The molecule has 1 aromatic rings. The summed E-state index contributed by atoms with van der Waals surface area (Å²) in [6.45, 7) is 1.23. The SMILES string of the molecule is CC(CN=C(N)NC1CCOc2ccccc21)C(F)(F)F.I. The second-order valence-electron chi connectivity index (χ2n) is 5.04. The maximum atomic E-state index is 12.4. The first-order valence-corrected chi connectivity index (χ1v) is 6.73. The zero-order chi connectivity index (χ0) is 15.5. The minimum Gasteiger partial charge on any atom is -0.493 e. The normalized spacial score (nSPS) is 19.5. The predicted octanol–water partition coefficient (Wildman–Crippen LogP) is 3.23. The summed E-state index contributed by atoms with van der Waals surface area (Å²) in [7, 11) is 0. The second-order valence-corrected chi connectivity index (χ2v) is 5.04. The van der Waals surface area contributed by atoms with Crippen LogP contribution in [0.15, 0.2) is 29.3 Å². The number of alkyl halides is 3. The summed E-state index contributed by atoms with van der Waals surface area (Å²) in [6.07, 6.45) is -3.57. The van der Waals surface area contributed by atoms with E-state index >= 15 is 0 Å². The Kier molecular flexibility index (Phi) is 6.76. The van der Waals surface area contributed by atoms with Crippen molar-refractivity contribution >= 4 is 29.9 Å². The number of halogens is 4. The van der Waals surface area contributed by atoms with Crippen LogP contribution in [0.4, 0.5) is 13.2 Å². The molecule has 0 aromatic heterocycles. The maximum absolute atomic E-state index is 12.4. The number of hydrogen-bond donors (Lipinski definition) is 2. The van der Waals surface area contributed by atoms with Crippen molar-refractivity contribution < 1.29 is 17.9 Å². The molecule has 4 nitrogen and oxygen atoms in total. The van der Waals surface area contributed by atoms with Crippen molar-refractivity contribution in [3.8, 4) is 5.75 Å². The lowest BCUT2D eigenvalue weighted by Crippen LogP contribution is -2.38. The van der Waals surface area contributed by atoms with Gasteiger partial charge in [0.05, 0.1) is 25.1 Å². The van der Waals surface area contributed by atoms with Crippen LogP contribution in [0, 0.1) is 5.92 Å². The lowest BCUT2D eigenvalue weighted by molar-refractivity contribution is -0.166. The number of fused-ring (bicyclic) bond motifs is 1. The summed E-state index contributed by atoms with van der Waals surface area (Å²) in [5, 5.41) is 2.96. The van der Waals surface area contributed by atoms with E-state index in [1.54, 1.807) is 0 Å². The van der Waals surface area contributed by atoms with Crippen molar-refractivity contribution in [1.82, 2.24) is 5.32 Å². The molecule has 0 saturated heterocycles. The van der Waals surface area contributed by atoms with Gasteiger partial charge in [0, 0.05) is 12.0 Å². The van der Waals surface area contributed by atoms with E-state index in [-0.39, 0.29) is 42.5 Å². The van der Waals surface area contributed by atoms with E-state index in [0.717, 1.165) is 18.2 Å². The molecular formula is C14H19F3IN3O. The Labute approximate surface area is 144 Å². The van der Waals surface area contributed by atoms with E-state index < -0.39 is 12.1 Å². The van der Waals surface area contributed by atoms with Crippen molar-refractivity contribution in [1.29, 1.82) is 0 Å². The number of ether oxygens (including phenoxy) is 1. The highest BCUT2D eigenvalue weighted by Gasteiger charge is 2.35. The Morgan fingerprint density at radius 1 is 1.45 bits per heavy atom. The molecule has 1 heterocycles. The fourth-order valence-electron chi connectivity index (χ4n) is 2.05. The van der Waals surface area contributed by atoms with E-state index in [0.29, 0.717) is 13.0 Å². The molecule has 1 aliphatic heterocycles. The molecule has 3 N–H and O–H groups in total. The average Bonchev–Trinajstić information content (AvgIpc) is 2.44. The molecule has 1 aromatic carbocycles. The number of para-hydroxylation sites is 1. The highest BCUT2D eigenvalue weighted by molar-refractivity contribution is 14.0.